The third-order valence-electron chi connectivity index (χ3n) is 4.12. The molecule has 1 heterocycles. The summed E-state index contributed by atoms with van der Waals surface area (Å²) >= 11 is 0. The Kier molecular flexibility index (Phi) is 5.91. The number of aromatic nitrogens is 1. The molecular formula is C22H22N4. The summed E-state index contributed by atoms with van der Waals surface area (Å²) < 4.78 is 0. The van der Waals surface area contributed by atoms with Gasteiger partial charge in [-0.2, -0.15) is 0 Å². The van der Waals surface area contributed by atoms with Gasteiger partial charge in [0.2, 0.25) is 0 Å². The van der Waals surface area contributed by atoms with Crippen molar-refractivity contribution in [3.63, 3.8) is 0 Å². The summed E-state index contributed by atoms with van der Waals surface area (Å²) in [7, 11) is 0. The predicted molar refractivity (Wildman–Crippen MR) is 107 cm³/mol. The lowest BCUT2D eigenvalue weighted by atomic mass is 9.96. The van der Waals surface area contributed by atoms with Crippen LogP contribution in [0.2, 0.25) is 0 Å². The van der Waals surface area contributed by atoms with E-state index in [1.165, 1.54) is 0 Å². The smallest absolute Gasteiger partial charge is 0.0630 e. The van der Waals surface area contributed by atoms with Crippen LogP contribution in [0.15, 0.2) is 85.3 Å². The molecule has 130 valence electrons. The first-order chi connectivity index (χ1) is 12.8. The molecule has 0 amide bonds. The van der Waals surface area contributed by atoms with Crippen LogP contribution in [0.25, 0.3) is 11.1 Å². The molecule has 0 atom stereocenters. The first-order valence-electron chi connectivity index (χ1n) is 8.54. The van der Waals surface area contributed by atoms with Gasteiger partial charge in [-0.05, 0) is 46.7 Å². The summed E-state index contributed by atoms with van der Waals surface area (Å²) in [5.74, 6) is 0. The molecule has 0 fully saturated rings. The highest BCUT2D eigenvalue weighted by Crippen LogP contribution is 2.23. The van der Waals surface area contributed by atoms with Crippen molar-refractivity contribution in [2.45, 2.75) is 13.1 Å². The summed E-state index contributed by atoms with van der Waals surface area (Å²) in [4.78, 5) is 4.09. The van der Waals surface area contributed by atoms with Crippen LogP contribution in [0.4, 0.5) is 0 Å². The minimum Gasteiger partial charge on any atom is -0.387 e. The summed E-state index contributed by atoms with van der Waals surface area (Å²) in [6.07, 6.45) is 7.13. The molecule has 0 saturated carbocycles. The Morgan fingerprint density at radius 2 is 1.88 bits per heavy atom. The van der Waals surface area contributed by atoms with Gasteiger partial charge in [0.05, 0.1) is 5.71 Å². The van der Waals surface area contributed by atoms with Gasteiger partial charge >= 0.3 is 0 Å². The zero-order valence-corrected chi connectivity index (χ0v) is 14.5. The Balaban J connectivity index is 1.74. The SMILES string of the molecule is N=C(/C=C\NCc1cccnc1)c1cc(-c2ccccc2)ccc1CN. The summed E-state index contributed by atoms with van der Waals surface area (Å²) in [6.45, 7) is 1.08. The fourth-order valence-electron chi connectivity index (χ4n) is 2.73. The molecule has 4 nitrogen and oxygen atoms in total. The maximum Gasteiger partial charge on any atom is 0.0630 e. The standard InChI is InChI=1S/C22H22N4/c23-14-20-9-8-19(18-6-2-1-3-7-18)13-21(20)22(24)10-12-26-16-17-5-4-11-25-15-17/h1-13,15,24,26H,14,16,23H2/b12-10-,24-22?. The number of hydrogen-bond acceptors (Lipinski definition) is 4. The van der Waals surface area contributed by atoms with Gasteiger partial charge in [0.25, 0.3) is 0 Å². The van der Waals surface area contributed by atoms with Crippen LogP contribution in [0, 0.1) is 5.41 Å². The highest BCUT2D eigenvalue weighted by Gasteiger charge is 2.07. The maximum absolute atomic E-state index is 8.42. The molecule has 4 heteroatoms. The molecule has 26 heavy (non-hydrogen) atoms. The highest BCUT2D eigenvalue weighted by atomic mass is 14.8. The molecule has 0 saturated heterocycles. The largest absolute Gasteiger partial charge is 0.387 e. The maximum atomic E-state index is 8.42. The second kappa shape index (κ2) is 8.74. The Bertz CT molecular complexity index is 887. The zero-order valence-electron chi connectivity index (χ0n) is 14.5. The van der Waals surface area contributed by atoms with E-state index in [0.29, 0.717) is 18.8 Å². The van der Waals surface area contributed by atoms with Crippen molar-refractivity contribution in [2.24, 2.45) is 5.73 Å². The second-order valence-electron chi connectivity index (χ2n) is 5.93. The Hall–Kier alpha value is -3.24. The fraction of sp³-hybridized carbons (Fsp3) is 0.0909. The number of benzene rings is 2. The number of rotatable bonds is 7. The molecular weight excluding hydrogens is 320 g/mol. The van der Waals surface area contributed by atoms with Crippen molar-refractivity contribution >= 4 is 5.71 Å². The van der Waals surface area contributed by atoms with Crippen LogP contribution in [0.1, 0.15) is 16.7 Å². The van der Waals surface area contributed by atoms with E-state index in [-0.39, 0.29) is 0 Å². The van der Waals surface area contributed by atoms with Gasteiger partial charge in [0.15, 0.2) is 0 Å². The number of pyridine rings is 1. The fourth-order valence-corrected chi connectivity index (χ4v) is 2.73. The number of hydrogen-bond donors (Lipinski definition) is 3. The van der Waals surface area contributed by atoms with Crippen molar-refractivity contribution in [1.82, 2.24) is 10.3 Å². The molecule has 3 rings (SSSR count). The summed E-state index contributed by atoms with van der Waals surface area (Å²) in [5.41, 5.74) is 11.4. The van der Waals surface area contributed by atoms with Gasteiger partial charge in [0, 0.05) is 31.0 Å². The normalized spacial score (nSPS) is 10.8. The van der Waals surface area contributed by atoms with Gasteiger partial charge in [-0.15, -0.1) is 0 Å². The van der Waals surface area contributed by atoms with E-state index in [1.807, 2.05) is 48.7 Å². The lowest BCUT2D eigenvalue weighted by Gasteiger charge is -2.10. The van der Waals surface area contributed by atoms with E-state index in [4.69, 9.17) is 11.1 Å². The Morgan fingerprint density at radius 1 is 1.04 bits per heavy atom. The lowest BCUT2D eigenvalue weighted by Crippen LogP contribution is -2.09. The van der Waals surface area contributed by atoms with Crippen molar-refractivity contribution < 1.29 is 0 Å². The summed E-state index contributed by atoms with van der Waals surface area (Å²) in [6, 6.07) is 20.2. The van der Waals surface area contributed by atoms with Crippen molar-refractivity contribution in [3.05, 3.63) is 102 Å². The quantitative estimate of drug-likeness (QED) is 0.570. The lowest BCUT2D eigenvalue weighted by molar-refractivity contribution is 0.864. The Labute approximate surface area is 153 Å². The molecule has 1 aromatic heterocycles. The molecule has 0 bridgehead atoms. The van der Waals surface area contributed by atoms with E-state index >= 15 is 0 Å². The van der Waals surface area contributed by atoms with Crippen LogP contribution < -0.4 is 11.1 Å². The number of nitrogens with two attached hydrogens (primary N) is 1. The molecule has 2 aromatic carbocycles. The number of allylic oxidation sites excluding steroid dienone is 1. The third-order valence-corrected chi connectivity index (χ3v) is 4.12. The first kappa shape index (κ1) is 17.6. The zero-order chi connectivity index (χ0) is 18.2. The number of nitrogens with zero attached hydrogens (tertiary/aromatic N) is 1. The molecule has 0 spiro atoms. The van der Waals surface area contributed by atoms with E-state index in [1.54, 1.807) is 18.5 Å². The van der Waals surface area contributed by atoms with E-state index in [9.17, 15) is 0 Å². The van der Waals surface area contributed by atoms with Crippen LogP contribution >= 0.6 is 0 Å². The highest BCUT2D eigenvalue weighted by molar-refractivity contribution is 6.08. The molecule has 0 radical (unpaired) electrons. The first-order valence-corrected chi connectivity index (χ1v) is 8.54. The van der Waals surface area contributed by atoms with Crippen molar-refractivity contribution in [1.29, 1.82) is 5.41 Å². The Morgan fingerprint density at radius 3 is 2.62 bits per heavy atom. The van der Waals surface area contributed by atoms with Crippen LogP contribution in [-0.4, -0.2) is 10.7 Å². The molecule has 3 aromatic rings. The summed E-state index contributed by atoms with van der Waals surface area (Å²) in [5, 5.41) is 11.6. The average Bonchev–Trinajstić information content (AvgIpc) is 2.72. The van der Waals surface area contributed by atoms with Gasteiger partial charge in [-0.25, -0.2) is 0 Å². The van der Waals surface area contributed by atoms with Crippen LogP contribution in [0.5, 0.6) is 0 Å². The van der Waals surface area contributed by atoms with E-state index in [0.717, 1.165) is 27.8 Å². The average molecular weight is 342 g/mol. The molecule has 0 aliphatic rings. The minimum absolute atomic E-state index is 0.406. The van der Waals surface area contributed by atoms with E-state index < -0.39 is 0 Å². The molecule has 0 aliphatic heterocycles. The topological polar surface area (TPSA) is 74.8 Å². The molecule has 4 N–H and O–H groups in total. The second-order valence-corrected chi connectivity index (χ2v) is 5.93. The van der Waals surface area contributed by atoms with Gasteiger partial charge in [-0.1, -0.05) is 48.5 Å². The minimum atomic E-state index is 0.406. The third kappa shape index (κ3) is 4.43. The molecule has 0 unspecified atom stereocenters. The van der Waals surface area contributed by atoms with Crippen molar-refractivity contribution in [3.8, 4) is 11.1 Å². The number of nitrogens with one attached hydrogen (secondary N) is 2. The van der Waals surface area contributed by atoms with Gasteiger partial charge in [-0.3, -0.25) is 4.98 Å². The van der Waals surface area contributed by atoms with Gasteiger partial charge < -0.3 is 16.5 Å². The molecule has 0 aliphatic carbocycles. The predicted octanol–water partition coefficient (Wildman–Crippen LogP) is 3.88. The van der Waals surface area contributed by atoms with Gasteiger partial charge in [0.1, 0.15) is 0 Å². The van der Waals surface area contributed by atoms with E-state index in [2.05, 4.69) is 28.5 Å². The van der Waals surface area contributed by atoms with Crippen molar-refractivity contribution in [2.75, 3.05) is 0 Å². The van der Waals surface area contributed by atoms with Crippen LogP contribution in [0.3, 0.4) is 0 Å². The van der Waals surface area contributed by atoms with Crippen LogP contribution in [-0.2, 0) is 13.1 Å². The monoisotopic (exact) mass is 342 g/mol.